The molecular formula is C11H16N5O15P3. The van der Waals surface area contributed by atoms with Gasteiger partial charge in [0.05, 0.1) is 6.61 Å². The summed E-state index contributed by atoms with van der Waals surface area (Å²) >= 11 is 0. The first-order valence-corrected chi connectivity index (χ1v) is 13.2. The maximum absolute atomic E-state index is 12.0. The van der Waals surface area contributed by atoms with Crippen LogP contribution in [0.1, 0.15) is 0 Å². The SMILES string of the molecule is Nc1ncnc2c1ncn2[C@@]12OCO[C@@]1(O)[C@H](O)[C@@H](COP(=O)(O)OP(=O)(O)OP(=O)(O)O)O2. The number of rotatable bonds is 8. The third-order valence-corrected chi connectivity index (χ3v) is 8.35. The number of imidazole rings is 1. The molecule has 2 aliphatic heterocycles. The number of ether oxygens (including phenoxy) is 3. The average molecular weight is 551 g/mol. The molecule has 20 nitrogen and oxygen atoms in total. The molecule has 190 valence electrons. The molecule has 2 aromatic heterocycles. The minimum absolute atomic E-state index is 0.0165. The minimum atomic E-state index is -5.77. The van der Waals surface area contributed by atoms with Crippen molar-refractivity contribution in [1.82, 2.24) is 19.5 Å². The van der Waals surface area contributed by atoms with Crippen LogP contribution in [0.25, 0.3) is 11.2 Å². The Hall–Kier alpha value is -1.44. The third kappa shape index (κ3) is 4.44. The lowest BCUT2D eigenvalue weighted by atomic mass is 10.1. The van der Waals surface area contributed by atoms with Gasteiger partial charge >= 0.3 is 29.4 Å². The first-order valence-electron chi connectivity index (χ1n) is 8.68. The van der Waals surface area contributed by atoms with Gasteiger partial charge in [-0.25, -0.2) is 28.6 Å². The molecule has 0 saturated carbocycles. The molecule has 0 radical (unpaired) electrons. The van der Waals surface area contributed by atoms with Crippen molar-refractivity contribution in [2.45, 2.75) is 23.9 Å². The van der Waals surface area contributed by atoms with Crippen LogP contribution in [0, 0.1) is 0 Å². The molecule has 8 N–H and O–H groups in total. The summed E-state index contributed by atoms with van der Waals surface area (Å²) in [5, 5.41) is 21.6. The zero-order valence-corrected chi connectivity index (χ0v) is 19.0. The number of phosphoric ester groups is 1. The highest BCUT2D eigenvalue weighted by molar-refractivity contribution is 7.66. The van der Waals surface area contributed by atoms with Gasteiger partial charge in [0.2, 0.25) is 0 Å². The van der Waals surface area contributed by atoms with Gasteiger partial charge in [-0.15, -0.1) is 0 Å². The lowest BCUT2D eigenvalue weighted by Crippen LogP contribution is -2.55. The number of hydrogen-bond donors (Lipinski definition) is 7. The Balaban J connectivity index is 1.57. The summed E-state index contributed by atoms with van der Waals surface area (Å²) in [6.45, 7) is -1.69. The molecule has 2 aliphatic rings. The van der Waals surface area contributed by atoms with Crippen molar-refractivity contribution in [3.8, 4) is 0 Å². The van der Waals surface area contributed by atoms with Crippen LogP contribution in [0.5, 0.6) is 0 Å². The monoisotopic (exact) mass is 551 g/mol. The second kappa shape index (κ2) is 8.31. The van der Waals surface area contributed by atoms with Gasteiger partial charge in [0.25, 0.3) is 5.79 Å². The molecule has 4 heterocycles. The van der Waals surface area contributed by atoms with Gasteiger partial charge in [-0.3, -0.25) is 9.09 Å². The maximum atomic E-state index is 12.0. The highest BCUT2D eigenvalue weighted by atomic mass is 31.3. The Morgan fingerprint density at radius 1 is 1.12 bits per heavy atom. The van der Waals surface area contributed by atoms with Crippen molar-refractivity contribution in [1.29, 1.82) is 0 Å². The lowest BCUT2D eigenvalue weighted by molar-refractivity contribution is -0.328. The largest absolute Gasteiger partial charge is 0.490 e. The second-order valence-corrected chi connectivity index (χ2v) is 11.1. The molecule has 34 heavy (non-hydrogen) atoms. The van der Waals surface area contributed by atoms with Crippen LogP contribution in [0.2, 0.25) is 0 Å². The molecule has 2 unspecified atom stereocenters. The summed E-state index contributed by atoms with van der Waals surface area (Å²) in [6.07, 6.45) is -1.60. The molecule has 4 rings (SSSR count). The first kappa shape index (κ1) is 25.6. The van der Waals surface area contributed by atoms with Crippen molar-refractivity contribution >= 4 is 40.4 Å². The van der Waals surface area contributed by atoms with Gasteiger partial charge in [-0.2, -0.15) is 8.62 Å². The zero-order chi connectivity index (χ0) is 25.2. The van der Waals surface area contributed by atoms with Crippen LogP contribution in [0.4, 0.5) is 5.82 Å². The summed E-state index contributed by atoms with van der Waals surface area (Å²) in [5.41, 5.74) is 5.79. The van der Waals surface area contributed by atoms with Crippen LogP contribution < -0.4 is 5.73 Å². The fraction of sp³-hybridized carbons (Fsp3) is 0.545. The maximum Gasteiger partial charge on any atom is 0.490 e. The Kier molecular flexibility index (Phi) is 6.27. The minimum Gasteiger partial charge on any atom is -0.384 e. The molecule has 0 spiro atoms. The standard InChI is InChI=1S/C11H16N5O15P3/c12-8-6-9(14-2-13-8)16(3-15-6)11-10(18,26-4-27-11)7(17)5(29-11)1-28-33(22,23)31-34(24,25)30-32(19,20)21/h2-3,5,7,17-18H,1,4H2,(H,22,23)(H,24,25)(H2,12,13,14)(H2,19,20,21)/t5-,7-,10+,11-/m1/s1. The van der Waals surface area contributed by atoms with Crippen molar-refractivity contribution in [3.05, 3.63) is 12.7 Å². The number of anilines is 1. The van der Waals surface area contributed by atoms with E-state index >= 15 is 0 Å². The van der Waals surface area contributed by atoms with E-state index in [9.17, 15) is 33.7 Å². The van der Waals surface area contributed by atoms with Crippen molar-refractivity contribution in [3.63, 3.8) is 0 Å². The number of aliphatic hydroxyl groups is 2. The van der Waals surface area contributed by atoms with E-state index in [0.717, 1.165) is 17.2 Å². The van der Waals surface area contributed by atoms with Crippen LogP contribution in [0.3, 0.4) is 0 Å². The van der Waals surface area contributed by atoms with E-state index in [-0.39, 0.29) is 17.0 Å². The van der Waals surface area contributed by atoms with Crippen LogP contribution in [-0.4, -0.2) is 80.7 Å². The first-order chi connectivity index (χ1) is 15.6. The Labute approximate surface area is 187 Å². The molecular weight excluding hydrogens is 535 g/mol. The summed E-state index contributed by atoms with van der Waals surface area (Å²) in [5.74, 6) is -5.04. The lowest BCUT2D eigenvalue weighted by Gasteiger charge is -2.32. The molecule has 2 aromatic rings. The number of phosphoric acid groups is 3. The molecule has 0 aliphatic carbocycles. The fourth-order valence-electron chi connectivity index (χ4n) is 3.27. The summed E-state index contributed by atoms with van der Waals surface area (Å²) < 4.78 is 62.8. The quantitative estimate of drug-likeness (QED) is 0.171. The van der Waals surface area contributed by atoms with Gasteiger partial charge in [-0.05, 0) is 0 Å². The third-order valence-electron chi connectivity index (χ3n) is 4.55. The second-order valence-electron chi connectivity index (χ2n) is 6.72. The van der Waals surface area contributed by atoms with E-state index in [4.69, 9.17) is 29.7 Å². The molecule has 0 aromatic carbocycles. The van der Waals surface area contributed by atoms with Crippen LogP contribution >= 0.6 is 23.5 Å². The number of nitrogens with zero attached hydrogens (tertiary/aromatic N) is 4. The Bertz CT molecular complexity index is 1250. The summed E-state index contributed by atoms with van der Waals surface area (Å²) in [6, 6.07) is 0. The number of fused-ring (bicyclic) bond motifs is 2. The summed E-state index contributed by atoms with van der Waals surface area (Å²) in [4.78, 5) is 47.6. The molecule has 0 bridgehead atoms. The smallest absolute Gasteiger partial charge is 0.384 e. The molecule has 23 heteroatoms. The van der Waals surface area contributed by atoms with Gasteiger partial charge in [0.15, 0.2) is 18.3 Å². The number of nitrogens with two attached hydrogens (primary N) is 1. The highest BCUT2D eigenvalue weighted by Gasteiger charge is 2.73. The Morgan fingerprint density at radius 2 is 1.82 bits per heavy atom. The van der Waals surface area contributed by atoms with Gasteiger partial charge in [0, 0.05) is 0 Å². The molecule has 0 amide bonds. The molecule has 2 saturated heterocycles. The predicted molar refractivity (Wildman–Crippen MR) is 100 cm³/mol. The molecule has 6 atom stereocenters. The van der Waals surface area contributed by atoms with Gasteiger partial charge in [0.1, 0.15) is 30.4 Å². The number of aromatic nitrogens is 4. The average Bonchev–Trinajstić information content (AvgIpc) is 3.30. The van der Waals surface area contributed by atoms with E-state index in [1.54, 1.807) is 0 Å². The van der Waals surface area contributed by atoms with Crippen molar-refractivity contribution in [2.24, 2.45) is 0 Å². The van der Waals surface area contributed by atoms with Crippen molar-refractivity contribution in [2.75, 3.05) is 19.1 Å². The molecule has 2 fully saturated rings. The van der Waals surface area contributed by atoms with E-state index in [1.165, 1.54) is 0 Å². The van der Waals surface area contributed by atoms with Crippen LogP contribution in [-0.2, 0) is 47.0 Å². The van der Waals surface area contributed by atoms with Crippen LogP contribution in [0.15, 0.2) is 12.7 Å². The van der Waals surface area contributed by atoms with E-state index in [1.807, 2.05) is 0 Å². The van der Waals surface area contributed by atoms with Gasteiger partial charge < -0.3 is 49.7 Å². The van der Waals surface area contributed by atoms with E-state index in [0.29, 0.717) is 0 Å². The van der Waals surface area contributed by atoms with E-state index < -0.39 is 60.8 Å². The summed E-state index contributed by atoms with van der Waals surface area (Å²) in [7, 11) is -16.9. The topological polar surface area (TPSA) is 298 Å². The zero-order valence-electron chi connectivity index (χ0n) is 16.3. The normalized spacial score (nSPS) is 33.0. The van der Waals surface area contributed by atoms with Crippen molar-refractivity contribution < 1.29 is 70.8 Å². The van der Waals surface area contributed by atoms with Gasteiger partial charge in [-0.1, -0.05) is 0 Å². The highest BCUT2D eigenvalue weighted by Crippen LogP contribution is 2.66. The Morgan fingerprint density at radius 3 is 2.50 bits per heavy atom. The fourth-order valence-corrected chi connectivity index (χ4v) is 6.30. The van der Waals surface area contributed by atoms with E-state index in [2.05, 4.69) is 28.1 Å². The number of aliphatic hydroxyl groups excluding tert-OH is 1. The predicted octanol–water partition coefficient (Wildman–Crippen LogP) is -2.19. The number of hydrogen-bond acceptors (Lipinski definition) is 15. The number of nitrogen functional groups attached to an aromatic ring is 1.